The van der Waals surface area contributed by atoms with Crippen molar-refractivity contribution in [1.82, 2.24) is 24.8 Å². The third-order valence-electron chi connectivity index (χ3n) is 8.74. The number of hydrogen-bond donors (Lipinski definition) is 3. The third-order valence-corrected chi connectivity index (χ3v) is 8.74. The standard InChI is InChI=1S/C34H35N7O3/c1-21-19-40(20-22(2)44-21)26-7-3-6-23(18-26)28-13-14-29-32(37-28)41(31(38-29)27-8-4-17-36-30(27)35)25-11-9-24(10-12-25)34(15-5-16-34)39-33(42)43/h3-4,6-14,17-18,21-22,39H,5,15-16,19-20H2,1-2H3,(H2,35,36)(H,42,43)/t21-,22+. The molecule has 3 aromatic heterocycles. The van der Waals surface area contributed by atoms with Crippen LogP contribution in [-0.2, 0) is 10.3 Å². The van der Waals surface area contributed by atoms with Gasteiger partial charge in [-0.25, -0.2) is 19.7 Å². The Bertz CT molecular complexity index is 1840. The van der Waals surface area contributed by atoms with E-state index >= 15 is 0 Å². The molecule has 5 aromatic rings. The molecule has 44 heavy (non-hydrogen) atoms. The third kappa shape index (κ3) is 5.01. The summed E-state index contributed by atoms with van der Waals surface area (Å²) in [4.78, 5) is 28.3. The minimum atomic E-state index is -1.01. The summed E-state index contributed by atoms with van der Waals surface area (Å²) in [5, 5.41) is 12.2. The zero-order valence-electron chi connectivity index (χ0n) is 24.8. The number of imidazole rings is 1. The molecule has 224 valence electrons. The molecule has 4 heterocycles. The van der Waals surface area contributed by atoms with Gasteiger partial charge in [0.2, 0.25) is 0 Å². The molecule has 2 aliphatic rings. The zero-order chi connectivity index (χ0) is 30.4. The predicted octanol–water partition coefficient (Wildman–Crippen LogP) is 5.99. The van der Waals surface area contributed by atoms with Gasteiger partial charge in [-0.2, -0.15) is 0 Å². The Balaban J connectivity index is 1.33. The van der Waals surface area contributed by atoms with Crippen molar-refractivity contribution in [3.05, 3.63) is 84.6 Å². The molecule has 2 atom stereocenters. The van der Waals surface area contributed by atoms with Gasteiger partial charge >= 0.3 is 6.09 Å². The maximum Gasteiger partial charge on any atom is 0.405 e. The summed E-state index contributed by atoms with van der Waals surface area (Å²) in [5.74, 6) is 1.01. The Kier molecular flexibility index (Phi) is 6.93. The first kappa shape index (κ1) is 27.8. The van der Waals surface area contributed by atoms with E-state index in [1.165, 1.54) is 0 Å². The van der Waals surface area contributed by atoms with Gasteiger partial charge in [-0.3, -0.25) is 4.57 Å². The van der Waals surface area contributed by atoms with Crippen molar-refractivity contribution >= 4 is 28.8 Å². The molecule has 0 unspecified atom stereocenters. The molecular formula is C34H35N7O3. The van der Waals surface area contributed by atoms with Crippen molar-refractivity contribution in [2.75, 3.05) is 23.7 Å². The number of anilines is 2. The molecule has 2 aromatic carbocycles. The van der Waals surface area contributed by atoms with E-state index in [9.17, 15) is 9.90 Å². The number of fused-ring (bicyclic) bond motifs is 1. The number of nitrogen functional groups attached to an aromatic ring is 1. The summed E-state index contributed by atoms with van der Waals surface area (Å²) < 4.78 is 7.95. The molecule has 1 saturated carbocycles. The largest absolute Gasteiger partial charge is 0.465 e. The van der Waals surface area contributed by atoms with E-state index in [2.05, 4.69) is 53.3 Å². The van der Waals surface area contributed by atoms with Crippen LogP contribution in [0, 0.1) is 0 Å². The summed E-state index contributed by atoms with van der Waals surface area (Å²) >= 11 is 0. The zero-order valence-corrected chi connectivity index (χ0v) is 24.8. The number of amides is 1. The van der Waals surface area contributed by atoms with Crippen LogP contribution in [0.15, 0.2) is 79.0 Å². The number of morpholine rings is 1. The van der Waals surface area contributed by atoms with Crippen molar-refractivity contribution in [1.29, 1.82) is 0 Å². The van der Waals surface area contributed by atoms with E-state index in [1.807, 2.05) is 53.1 Å². The molecule has 10 nitrogen and oxygen atoms in total. The molecule has 4 N–H and O–H groups in total. The number of nitrogens with zero attached hydrogens (tertiary/aromatic N) is 5. The topological polar surface area (TPSA) is 131 Å². The van der Waals surface area contributed by atoms with Gasteiger partial charge in [-0.15, -0.1) is 0 Å². The van der Waals surface area contributed by atoms with Gasteiger partial charge in [0.25, 0.3) is 0 Å². The number of rotatable bonds is 6. The highest BCUT2D eigenvalue weighted by atomic mass is 16.5. The molecule has 0 spiro atoms. The van der Waals surface area contributed by atoms with Crippen LogP contribution in [0.1, 0.15) is 38.7 Å². The van der Waals surface area contributed by atoms with Gasteiger partial charge in [0.15, 0.2) is 11.5 Å². The van der Waals surface area contributed by atoms with E-state index in [1.54, 1.807) is 6.20 Å². The molecule has 10 heteroatoms. The Hall–Kier alpha value is -4.96. The first-order chi connectivity index (χ1) is 21.3. The fraction of sp³-hybridized carbons (Fsp3) is 0.294. The lowest BCUT2D eigenvalue weighted by molar-refractivity contribution is -0.00521. The second kappa shape index (κ2) is 10.9. The Labute approximate surface area is 255 Å². The second-order valence-electron chi connectivity index (χ2n) is 11.9. The first-order valence-corrected chi connectivity index (χ1v) is 15.0. The van der Waals surface area contributed by atoms with Gasteiger partial charge in [0.05, 0.1) is 29.0 Å². The van der Waals surface area contributed by atoms with Crippen LogP contribution in [-0.4, -0.2) is 56.0 Å². The van der Waals surface area contributed by atoms with Crippen molar-refractivity contribution in [3.63, 3.8) is 0 Å². The number of carboxylic acid groups (broad SMARTS) is 1. The maximum atomic E-state index is 11.5. The highest BCUT2D eigenvalue weighted by molar-refractivity contribution is 5.85. The average molecular weight is 590 g/mol. The molecular weight excluding hydrogens is 554 g/mol. The van der Waals surface area contributed by atoms with Crippen molar-refractivity contribution in [2.45, 2.75) is 50.9 Å². The van der Waals surface area contributed by atoms with Crippen LogP contribution < -0.4 is 16.0 Å². The number of hydrogen-bond acceptors (Lipinski definition) is 7. The smallest absolute Gasteiger partial charge is 0.405 e. The summed E-state index contributed by atoms with van der Waals surface area (Å²) in [7, 11) is 0. The molecule has 7 rings (SSSR count). The SMILES string of the molecule is C[C@@H]1CN(c2cccc(-c3ccc4nc(-c5cccnc5N)n(-c5ccc(C6(NC(=O)O)CCC6)cc5)c4n3)c2)C[C@H](C)O1. The lowest BCUT2D eigenvalue weighted by Crippen LogP contribution is -2.50. The second-order valence-corrected chi connectivity index (χ2v) is 11.9. The fourth-order valence-electron chi connectivity index (χ4n) is 6.55. The van der Waals surface area contributed by atoms with Crippen LogP contribution in [0.2, 0.25) is 0 Å². The quantitative estimate of drug-likeness (QED) is 0.220. The fourth-order valence-corrected chi connectivity index (χ4v) is 6.55. The van der Waals surface area contributed by atoms with Gasteiger partial charge < -0.3 is 25.8 Å². The number of carbonyl (C=O) groups is 1. The van der Waals surface area contributed by atoms with Crippen LogP contribution in [0.4, 0.5) is 16.3 Å². The molecule has 1 aliphatic heterocycles. The van der Waals surface area contributed by atoms with Gasteiger partial charge in [-0.1, -0.05) is 24.3 Å². The average Bonchev–Trinajstić information content (AvgIpc) is 3.37. The Morgan fingerprint density at radius 1 is 0.977 bits per heavy atom. The van der Waals surface area contributed by atoms with Gasteiger partial charge in [0.1, 0.15) is 11.3 Å². The lowest BCUT2D eigenvalue weighted by atomic mass is 9.72. The van der Waals surface area contributed by atoms with Gasteiger partial charge in [-0.05, 0) is 87.2 Å². The highest BCUT2D eigenvalue weighted by Gasteiger charge is 2.40. The number of nitrogens with two attached hydrogens (primary N) is 1. The first-order valence-electron chi connectivity index (χ1n) is 15.0. The summed E-state index contributed by atoms with van der Waals surface area (Å²) in [6.45, 7) is 5.89. The molecule has 1 saturated heterocycles. The number of aromatic nitrogens is 4. The molecule has 2 fully saturated rings. The van der Waals surface area contributed by atoms with Crippen LogP contribution in [0.3, 0.4) is 0 Å². The van der Waals surface area contributed by atoms with Crippen molar-refractivity contribution in [3.8, 4) is 28.3 Å². The van der Waals surface area contributed by atoms with E-state index in [4.69, 9.17) is 20.4 Å². The van der Waals surface area contributed by atoms with E-state index < -0.39 is 11.6 Å². The minimum Gasteiger partial charge on any atom is -0.465 e. The molecule has 0 radical (unpaired) electrons. The number of ether oxygens (including phenoxy) is 1. The lowest BCUT2D eigenvalue weighted by Gasteiger charge is -2.42. The van der Waals surface area contributed by atoms with Crippen LogP contribution in [0.25, 0.3) is 39.5 Å². The van der Waals surface area contributed by atoms with E-state index in [0.29, 0.717) is 22.9 Å². The monoisotopic (exact) mass is 589 g/mol. The van der Waals surface area contributed by atoms with Crippen molar-refractivity contribution < 1.29 is 14.6 Å². The number of benzene rings is 2. The predicted molar refractivity (Wildman–Crippen MR) is 171 cm³/mol. The Morgan fingerprint density at radius 2 is 1.75 bits per heavy atom. The number of nitrogens with one attached hydrogen (secondary N) is 1. The Morgan fingerprint density at radius 3 is 2.43 bits per heavy atom. The molecule has 1 aliphatic carbocycles. The van der Waals surface area contributed by atoms with Crippen molar-refractivity contribution in [2.24, 2.45) is 0 Å². The molecule has 1 amide bonds. The maximum absolute atomic E-state index is 11.5. The van der Waals surface area contributed by atoms with Crippen LogP contribution >= 0.6 is 0 Å². The van der Waals surface area contributed by atoms with E-state index in [-0.39, 0.29) is 12.2 Å². The summed E-state index contributed by atoms with van der Waals surface area (Å²) in [6.07, 6.45) is 3.50. The summed E-state index contributed by atoms with van der Waals surface area (Å²) in [6, 6.07) is 24.2. The number of pyridine rings is 2. The van der Waals surface area contributed by atoms with Gasteiger partial charge in [0, 0.05) is 36.2 Å². The summed E-state index contributed by atoms with van der Waals surface area (Å²) in [5.41, 5.74) is 12.7. The normalized spacial score (nSPS) is 19.5. The molecule has 0 bridgehead atoms. The highest BCUT2D eigenvalue weighted by Crippen LogP contribution is 2.42. The van der Waals surface area contributed by atoms with E-state index in [0.717, 1.165) is 66.1 Å². The minimum absolute atomic E-state index is 0.162. The van der Waals surface area contributed by atoms with Crippen LogP contribution in [0.5, 0.6) is 0 Å².